The highest BCUT2D eigenvalue weighted by atomic mass is 35.5. The number of piperidine rings is 1. The van der Waals surface area contributed by atoms with Gasteiger partial charge in [0.15, 0.2) is 11.5 Å². The number of hydrogen-bond donors (Lipinski definition) is 2. The Morgan fingerprint density at radius 1 is 1.05 bits per heavy atom. The summed E-state index contributed by atoms with van der Waals surface area (Å²) in [4.78, 5) is 37.1. The number of rotatable bonds is 4. The molecule has 3 heterocycles. The van der Waals surface area contributed by atoms with E-state index < -0.39 is 35.5 Å². The lowest BCUT2D eigenvalue weighted by atomic mass is 9.89. The molecule has 0 radical (unpaired) electrons. The average molecular weight is 608 g/mol. The molecular weight excluding hydrogens is 571 g/mol. The Balaban J connectivity index is 1.74. The summed E-state index contributed by atoms with van der Waals surface area (Å²) in [6.07, 6.45) is -0.0345. The number of carbonyl (C=O) groups is 2. The number of aliphatic hydroxyl groups is 1. The molecule has 1 fully saturated rings. The zero-order valence-corrected chi connectivity index (χ0v) is 25.9. The molecule has 0 aliphatic carbocycles. The van der Waals surface area contributed by atoms with Crippen LogP contribution in [0.3, 0.4) is 0 Å². The molecule has 0 atom stereocenters. The number of nitrogens with zero attached hydrogens (tertiary/aromatic N) is 5. The molecule has 1 amide bonds. The SMILES string of the molecule is CC1(NC(=O)OC(C)(C)C)CCN(c2nc3c(nc2CO)c(-c2cccc(Cl)c2Cl)nn3C(=O)OC(C)(C)C)CC1. The molecule has 1 aliphatic rings. The summed E-state index contributed by atoms with van der Waals surface area (Å²) < 4.78 is 12.1. The molecule has 3 aromatic rings. The Bertz CT molecular complexity index is 1470. The minimum atomic E-state index is -0.789. The third-order valence-electron chi connectivity index (χ3n) is 6.45. The van der Waals surface area contributed by atoms with Gasteiger partial charge in [0.1, 0.15) is 28.1 Å². The zero-order chi connectivity index (χ0) is 30.3. The summed E-state index contributed by atoms with van der Waals surface area (Å²) in [5.41, 5.74) is -0.427. The van der Waals surface area contributed by atoms with Gasteiger partial charge in [-0.15, -0.1) is 4.68 Å². The Morgan fingerprint density at radius 2 is 1.68 bits per heavy atom. The van der Waals surface area contributed by atoms with Crippen molar-refractivity contribution in [1.29, 1.82) is 0 Å². The second-order valence-corrected chi connectivity index (χ2v) is 13.1. The van der Waals surface area contributed by atoms with Crippen molar-refractivity contribution in [1.82, 2.24) is 25.1 Å². The monoisotopic (exact) mass is 606 g/mol. The maximum atomic E-state index is 13.2. The lowest BCUT2D eigenvalue weighted by Gasteiger charge is -2.40. The third kappa shape index (κ3) is 7.02. The first-order valence-electron chi connectivity index (χ1n) is 13.3. The van der Waals surface area contributed by atoms with E-state index in [1.54, 1.807) is 39.0 Å². The van der Waals surface area contributed by atoms with Crippen LogP contribution in [-0.2, 0) is 16.1 Å². The number of anilines is 1. The molecule has 1 aliphatic heterocycles. The fourth-order valence-electron chi connectivity index (χ4n) is 4.50. The molecule has 4 rings (SSSR count). The van der Waals surface area contributed by atoms with Crippen LogP contribution in [-0.4, -0.2) is 66.9 Å². The molecule has 0 saturated carbocycles. The number of benzene rings is 1. The topological polar surface area (TPSA) is 132 Å². The van der Waals surface area contributed by atoms with Gasteiger partial charge in [-0.25, -0.2) is 19.6 Å². The van der Waals surface area contributed by atoms with Gasteiger partial charge in [-0.05, 0) is 67.4 Å². The van der Waals surface area contributed by atoms with Crippen LogP contribution in [0, 0.1) is 0 Å². The van der Waals surface area contributed by atoms with Crippen LogP contribution in [0.1, 0.15) is 67.0 Å². The number of halogens is 2. The standard InChI is InChI=1S/C28H36Cl2N6O5/c1-26(2,3)40-24(38)33-28(7)11-13-35(14-12-28)22-18(15-37)31-21-20(16-9-8-10-17(29)19(16)30)34-36(23(21)32-22)25(39)41-27(4,5)6/h8-10,37H,11-15H2,1-7H3,(H,33,38). The smallest absolute Gasteiger partial charge is 0.437 e. The second-order valence-electron chi connectivity index (χ2n) is 12.3. The summed E-state index contributed by atoms with van der Waals surface area (Å²) in [5.74, 6) is 0.410. The molecule has 2 N–H and O–H groups in total. The molecule has 11 nitrogen and oxygen atoms in total. The Kier molecular flexibility index (Phi) is 8.46. The fraction of sp³-hybridized carbons (Fsp3) is 0.536. The largest absolute Gasteiger partial charge is 0.444 e. The summed E-state index contributed by atoms with van der Waals surface area (Å²) >= 11 is 12.8. The van der Waals surface area contributed by atoms with Crippen molar-refractivity contribution < 1.29 is 24.2 Å². The van der Waals surface area contributed by atoms with Crippen LogP contribution in [0.5, 0.6) is 0 Å². The predicted octanol–water partition coefficient (Wildman–Crippen LogP) is 5.96. The molecule has 0 spiro atoms. The van der Waals surface area contributed by atoms with Crippen molar-refractivity contribution in [2.75, 3.05) is 18.0 Å². The molecular formula is C28H36Cl2N6O5. The number of alkyl carbamates (subject to hydrolysis) is 1. The van der Waals surface area contributed by atoms with Gasteiger partial charge in [0.05, 0.1) is 16.7 Å². The Labute approximate surface area is 249 Å². The minimum Gasteiger partial charge on any atom is -0.444 e. The molecule has 13 heteroatoms. The molecule has 0 bridgehead atoms. The number of hydrogen-bond acceptors (Lipinski definition) is 9. The quantitative estimate of drug-likeness (QED) is 0.369. The molecule has 41 heavy (non-hydrogen) atoms. The van der Waals surface area contributed by atoms with Crippen LogP contribution < -0.4 is 10.2 Å². The number of ether oxygens (including phenoxy) is 2. The van der Waals surface area contributed by atoms with Crippen LogP contribution in [0.4, 0.5) is 15.4 Å². The summed E-state index contributed by atoms with van der Waals surface area (Å²) in [5, 5.41) is 18.3. The van der Waals surface area contributed by atoms with E-state index in [9.17, 15) is 14.7 Å². The Morgan fingerprint density at radius 3 is 2.27 bits per heavy atom. The first-order valence-corrected chi connectivity index (χ1v) is 14.1. The van der Waals surface area contributed by atoms with Gasteiger partial charge in [0, 0.05) is 24.2 Å². The molecule has 1 aromatic carbocycles. The van der Waals surface area contributed by atoms with Crippen molar-refractivity contribution in [3.05, 3.63) is 33.9 Å². The molecule has 2 aromatic heterocycles. The van der Waals surface area contributed by atoms with Crippen molar-refractivity contribution in [2.45, 2.75) is 84.7 Å². The van der Waals surface area contributed by atoms with Gasteiger partial charge in [-0.1, -0.05) is 35.3 Å². The van der Waals surface area contributed by atoms with Crippen LogP contribution in [0.2, 0.25) is 10.0 Å². The van der Waals surface area contributed by atoms with Gasteiger partial charge in [-0.2, -0.15) is 5.10 Å². The van der Waals surface area contributed by atoms with Crippen molar-refractivity contribution >= 4 is 52.4 Å². The van der Waals surface area contributed by atoms with E-state index in [1.807, 2.05) is 32.6 Å². The van der Waals surface area contributed by atoms with E-state index in [4.69, 9.17) is 42.6 Å². The maximum Gasteiger partial charge on any atom is 0.437 e. The van der Waals surface area contributed by atoms with Crippen molar-refractivity contribution in [3.8, 4) is 11.3 Å². The van der Waals surface area contributed by atoms with Crippen LogP contribution in [0.15, 0.2) is 18.2 Å². The maximum absolute atomic E-state index is 13.2. The Hall–Kier alpha value is -3.15. The minimum absolute atomic E-state index is 0.151. The van der Waals surface area contributed by atoms with Crippen molar-refractivity contribution in [2.24, 2.45) is 0 Å². The van der Waals surface area contributed by atoms with E-state index in [1.165, 1.54) is 0 Å². The predicted molar refractivity (Wildman–Crippen MR) is 158 cm³/mol. The number of nitrogens with one attached hydrogen (secondary N) is 1. The van der Waals surface area contributed by atoms with E-state index in [0.29, 0.717) is 48.0 Å². The van der Waals surface area contributed by atoms with Crippen molar-refractivity contribution in [3.63, 3.8) is 0 Å². The van der Waals surface area contributed by atoms with E-state index in [0.717, 1.165) is 4.68 Å². The highest BCUT2D eigenvalue weighted by Crippen LogP contribution is 2.37. The second kappa shape index (κ2) is 11.3. The average Bonchev–Trinajstić information content (AvgIpc) is 3.21. The zero-order valence-electron chi connectivity index (χ0n) is 24.3. The molecule has 1 saturated heterocycles. The van der Waals surface area contributed by atoms with Crippen LogP contribution in [0.25, 0.3) is 22.4 Å². The summed E-state index contributed by atoms with van der Waals surface area (Å²) in [6.45, 7) is 13.3. The van der Waals surface area contributed by atoms with Gasteiger partial charge < -0.3 is 24.8 Å². The lowest BCUT2D eigenvalue weighted by molar-refractivity contribution is 0.0446. The summed E-state index contributed by atoms with van der Waals surface area (Å²) in [6, 6.07) is 5.07. The number of amides is 1. The van der Waals surface area contributed by atoms with E-state index in [2.05, 4.69) is 10.4 Å². The first-order chi connectivity index (χ1) is 19.0. The normalized spacial score (nSPS) is 15.6. The highest BCUT2D eigenvalue weighted by Gasteiger charge is 2.35. The van der Waals surface area contributed by atoms with Gasteiger partial charge >= 0.3 is 12.2 Å². The highest BCUT2D eigenvalue weighted by molar-refractivity contribution is 6.43. The fourth-order valence-corrected chi connectivity index (χ4v) is 4.89. The van der Waals surface area contributed by atoms with E-state index in [-0.39, 0.29) is 21.9 Å². The first kappa shape index (κ1) is 30.8. The lowest BCUT2D eigenvalue weighted by Crippen LogP contribution is -2.54. The molecule has 222 valence electrons. The van der Waals surface area contributed by atoms with Gasteiger partial charge in [0.2, 0.25) is 0 Å². The third-order valence-corrected chi connectivity index (χ3v) is 7.26. The number of carbonyl (C=O) groups excluding carboxylic acids is 2. The summed E-state index contributed by atoms with van der Waals surface area (Å²) in [7, 11) is 0. The van der Waals surface area contributed by atoms with Gasteiger partial charge in [0.25, 0.3) is 0 Å². The molecule has 0 unspecified atom stereocenters. The number of fused-ring (bicyclic) bond motifs is 1. The number of aliphatic hydroxyl groups excluding tert-OH is 1. The number of aromatic nitrogens is 4. The van der Waals surface area contributed by atoms with Gasteiger partial charge in [-0.3, -0.25) is 0 Å². The van der Waals surface area contributed by atoms with Crippen LogP contribution >= 0.6 is 23.2 Å². The van der Waals surface area contributed by atoms with E-state index >= 15 is 0 Å².